The van der Waals surface area contributed by atoms with Crippen LogP contribution in [-0.4, -0.2) is 24.1 Å². The largest absolute Gasteiger partial charge is 0.497 e. The van der Waals surface area contributed by atoms with E-state index in [4.69, 9.17) is 19.9 Å². The summed E-state index contributed by atoms with van der Waals surface area (Å²) < 4.78 is 12.5. The van der Waals surface area contributed by atoms with E-state index in [2.05, 4.69) is 24.4 Å². The highest BCUT2D eigenvalue weighted by Gasteiger charge is 2.11. The molecular formula is C21H24N4O2S. The van der Waals surface area contributed by atoms with Crippen LogP contribution < -0.4 is 20.3 Å². The molecule has 3 aromatic rings. The predicted octanol–water partition coefficient (Wildman–Crippen LogP) is 4.56. The minimum Gasteiger partial charge on any atom is -0.497 e. The van der Waals surface area contributed by atoms with Gasteiger partial charge in [0.2, 0.25) is 5.96 Å². The second-order valence-electron chi connectivity index (χ2n) is 6.17. The van der Waals surface area contributed by atoms with Crippen molar-refractivity contribution in [1.82, 2.24) is 3.96 Å². The number of ether oxygens (including phenoxy) is 2. The van der Waals surface area contributed by atoms with Gasteiger partial charge in [0.1, 0.15) is 22.7 Å². The number of benzene rings is 2. The molecule has 2 N–H and O–H groups in total. The van der Waals surface area contributed by atoms with E-state index in [1.165, 1.54) is 17.1 Å². The Labute approximate surface area is 168 Å². The van der Waals surface area contributed by atoms with Gasteiger partial charge in [-0.05, 0) is 49.2 Å². The summed E-state index contributed by atoms with van der Waals surface area (Å²) in [6, 6.07) is 15.5. The molecule has 0 saturated carbocycles. The smallest absolute Gasteiger partial charge is 0.223 e. The molecule has 0 unspecified atom stereocenters. The van der Waals surface area contributed by atoms with E-state index >= 15 is 0 Å². The van der Waals surface area contributed by atoms with Crippen molar-refractivity contribution in [3.05, 3.63) is 64.5 Å². The molecule has 0 aliphatic rings. The number of nitrogens with zero attached hydrogens (tertiary/aromatic N) is 2. The van der Waals surface area contributed by atoms with E-state index in [0.29, 0.717) is 28.6 Å². The molecule has 146 valence electrons. The molecule has 0 saturated heterocycles. The van der Waals surface area contributed by atoms with Crippen molar-refractivity contribution in [2.45, 2.75) is 20.3 Å². The van der Waals surface area contributed by atoms with Crippen LogP contribution in [0.25, 0.3) is 0 Å². The van der Waals surface area contributed by atoms with Gasteiger partial charge in [0.05, 0.1) is 14.2 Å². The van der Waals surface area contributed by atoms with Gasteiger partial charge in [-0.25, -0.2) is 8.95 Å². The molecule has 0 bridgehead atoms. The lowest BCUT2D eigenvalue weighted by atomic mass is 10.1. The topological polar surface area (TPSA) is 71.6 Å². The Kier molecular flexibility index (Phi) is 6.16. The maximum absolute atomic E-state index is 8.28. The number of aliphatic imine (C=N–C) groups is 1. The number of aryl methyl sites for hydroxylation is 2. The standard InChI is InChI=1S/C21H24N4O2S/c1-5-15-6-8-16(9-7-15)23-21(25-20(22)12-14(2)28-25)24-18-11-10-17(26-3)13-19(18)27-4/h6-13,22H,5H2,1-4H3,(H,23,24). The van der Waals surface area contributed by atoms with E-state index in [9.17, 15) is 0 Å². The van der Waals surface area contributed by atoms with Gasteiger partial charge in [-0.15, -0.1) is 0 Å². The van der Waals surface area contributed by atoms with Crippen molar-refractivity contribution in [1.29, 1.82) is 5.41 Å². The number of methoxy groups -OCH3 is 2. The lowest BCUT2D eigenvalue weighted by molar-refractivity contribution is 0.395. The highest BCUT2D eigenvalue weighted by molar-refractivity contribution is 7.07. The van der Waals surface area contributed by atoms with Gasteiger partial charge in [-0.1, -0.05) is 30.6 Å². The summed E-state index contributed by atoms with van der Waals surface area (Å²) in [5.41, 5.74) is 3.18. The fourth-order valence-electron chi connectivity index (χ4n) is 2.70. The first kappa shape index (κ1) is 19.7. The molecular weight excluding hydrogens is 372 g/mol. The van der Waals surface area contributed by atoms with Gasteiger partial charge >= 0.3 is 0 Å². The number of hydrogen-bond acceptors (Lipinski definition) is 5. The summed E-state index contributed by atoms with van der Waals surface area (Å²) in [5.74, 6) is 1.83. The predicted molar refractivity (Wildman–Crippen MR) is 114 cm³/mol. The third-order valence-electron chi connectivity index (χ3n) is 4.22. The zero-order chi connectivity index (χ0) is 20.1. The summed E-state index contributed by atoms with van der Waals surface area (Å²) in [4.78, 5) is 5.80. The number of nitrogens with one attached hydrogen (secondary N) is 2. The van der Waals surface area contributed by atoms with E-state index in [1.54, 1.807) is 24.2 Å². The summed E-state index contributed by atoms with van der Waals surface area (Å²) in [7, 11) is 3.21. The van der Waals surface area contributed by atoms with Crippen molar-refractivity contribution >= 4 is 28.9 Å². The fourth-order valence-corrected chi connectivity index (χ4v) is 3.47. The molecule has 6 nitrogen and oxygen atoms in total. The molecule has 1 heterocycles. The van der Waals surface area contributed by atoms with Crippen LogP contribution in [0.15, 0.2) is 53.5 Å². The maximum Gasteiger partial charge on any atom is 0.223 e. The number of anilines is 1. The van der Waals surface area contributed by atoms with E-state index in [1.807, 2.05) is 37.3 Å². The van der Waals surface area contributed by atoms with Crippen LogP contribution in [-0.2, 0) is 6.42 Å². The van der Waals surface area contributed by atoms with Crippen LogP contribution in [0.2, 0.25) is 0 Å². The molecule has 0 amide bonds. The van der Waals surface area contributed by atoms with Gasteiger partial charge in [0.15, 0.2) is 0 Å². The summed E-state index contributed by atoms with van der Waals surface area (Å²) >= 11 is 1.46. The Hall–Kier alpha value is -3.06. The molecule has 3 rings (SSSR count). The highest BCUT2D eigenvalue weighted by atomic mass is 32.1. The van der Waals surface area contributed by atoms with Gasteiger partial charge in [-0.2, -0.15) is 0 Å². The zero-order valence-electron chi connectivity index (χ0n) is 16.4. The quantitative estimate of drug-likeness (QED) is 0.490. The third-order valence-corrected chi connectivity index (χ3v) is 5.18. The fraction of sp³-hybridized carbons (Fsp3) is 0.238. The third kappa shape index (κ3) is 4.43. The molecule has 7 heteroatoms. The van der Waals surface area contributed by atoms with Crippen LogP contribution in [0.4, 0.5) is 11.4 Å². The monoisotopic (exact) mass is 396 g/mol. The lowest BCUT2D eigenvalue weighted by Crippen LogP contribution is -2.28. The number of aromatic nitrogens is 1. The first-order chi connectivity index (χ1) is 13.5. The summed E-state index contributed by atoms with van der Waals surface area (Å²) in [6.45, 7) is 4.10. The van der Waals surface area contributed by atoms with Crippen LogP contribution in [0.1, 0.15) is 17.4 Å². The first-order valence-corrected chi connectivity index (χ1v) is 9.73. The van der Waals surface area contributed by atoms with E-state index in [0.717, 1.165) is 17.0 Å². The molecule has 0 radical (unpaired) electrons. The van der Waals surface area contributed by atoms with E-state index < -0.39 is 0 Å². The Morgan fingerprint density at radius 1 is 1.11 bits per heavy atom. The van der Waals surface area contributed by atoms with Crippen molar-refractivity contribution in [3.63, 3.8) is 0 Å². The average Bonchev–Trinajstić information content (AvgIpc) is 3.06. The molecule has 28 heavy (non-hydrogen) atoms. The van der Waals surface area contributed by atoms with Crippen molar-refractivity contribution in [2.24, 2.45) is 4.99 Å². The van der Waals surface area contributed by atoms with Gasteiger partial charge in [0.25, 0.3) is 0 Å². The van der Waals surface area contributed by atoms with Gasteiger partial charge < -0.3 is 14.8 Å². The normalized spacial score (nSPS) is 11.4. The minimum absolute atomic E-state index is 0.367. The Bertz CT molecular complexity index is 1040. The zero-order valence-corrected chi connectivity index (χ0v) is 17.3. The average molecular weight is 397 g/mol. The Morgan fingerprint density at radius 2 is 1.86 bits per heavy atom. The number of rotatable bonds is 5. The first-order valence-electron chi connectivity index (χ1n) is 8.95. The molecule has 0 aliphatic heterocycles. The molecule has 0 spiro atoms. The van der Waals surface area contributed by atoms with Crippen LogP contribution in [0.5, 0.6) is 11.5 Å². The van der Waals surface area contributed by atoms with Crippen molar-refractivity contribution in [2.75, 3.05) is 19.5 Å². The molecule has 0 fully saturated rings. The summed E-state index contributed by atoms with van der Waals surface area (Å²) in [6.07, 6.45) is 0.986. The van der Waals surface area contributed by atoms with Crippen LogP contribution in [0, 0.1) is 12.3 Å². The second kappa shape index (κ2) is 8.75. The van der Waals surface area contributed by atoms with Crippen LogP contribution in [0.3, 0.4) is 0 Å². The Balaban J connectivity index is 2.06. The minimum atomic E-state index is 0.367. The van der Waals surface area contributed by atoms with Crippen molar-refractivity contribution in [3.8, 4) is 11.5 Å². The van der Waals surface area contributed by atoms with E-state index in [-0.39, 0.29) is 0 Å². The SMILES string of the molecule is CCc1ccc(NC(=Nc2ccc(OC)cc2OC)n2sc(C)cc2=N)cc1. The Morgan fingerprint density at radius 3 is 2.43 bits per heavy atom. The van der Waals surface area contributed by atoms with Crippen LogP contribution >= 0.6 is 11.5 Å². The molecule has 0 aliphatic carbocycles. The highest BCUT2D eigenvalue weighted by Crippen LogP contribution is 2.31. The molecule has 1 aromatic heterocycles. The maximum atomic E-state index is 8.28. The van der Waals surface area contributed by atoms with Gasteiger partial charge in [0, 0.05) is 16.6 Å². The molecule has 2 aromatic carbocycles. The van der Waals surface area contributed by atoms with Gasteiger partial charge in [-0.3, -0.25) is 5.41 Å². The molecule has 0 atom stereocenters. The lowest BCUT2D eigenvalue weighted by Gasteiger charge is -2.13. The number of hydrogen-bond donors (Lipinski definition) is 2. The second-order valence-corrected chi connectivity index (χ2v) is 7.37. The van der Waals surface area contributed by atoms with Crippen molar-refractivity contribution < 1.29 is 9.47 Å². The summed E-state index contributed by atoms with van der Waals surface area (Å²) in [5, 5.41) is 11.6.